The number of hydrogen-bond donors (Lipinski definition) is 3. The summed E-state index contributed by atoms with van der Waals surface area (Å²) >= 11 is 0. The van der Waals surface area contributed by atoms with Crippen molar-refractivity contribution in [1.82, 2.24) is 14.7 Å². The highest BCUT2D eigenvalue weighted by molar-refractivity contribution is 6.03. The Morgan fingerprint density at radius 2 is 2.00 bits per heavy atom. The van der Waals surface area contributed by atoms with Crippen LogP contribution in [0.3, 0.4) is 0 Å². The Labute approximate surface area is 156 Å². The van der Waals surface area contributed by atoms with Gasteiger partial charge >= 0.3 is 0 Å². The molecule has 1 aliphatic rings. The zero-order chi connectivity index (χ0) is 19.0. The molecule has 3 aromatic rings. The van der Waals surface area contributed by atoms with E-state index in [2.05, 4.69) is 20.2 Å². The highest BCUT2D eigenvalue weighted by Gasteiger charge is 2.13. The van der Waals surface area contributed by atoms with Gasteiger partial charge in [0, 0.05) is 61.6 Å². The molecule has 1 aliphatic heterocycles. The summed E-state index contributed by atoms with van der Waals surface area (Å²) in [4.78, 5) is 10.8. The second kappa shape index (κ2) is 6.88. The van der Waals surface area contributed by atoms with E-state index in [9.17, 15) is 4.39 Å². The number of aromatic nitrogens is 2. The van der Waals surface area contributed by atoms with Gasteiger partial charge in [0.25, 0.3) is 0 Å². The van der Waals surface area contributed by atoms with E-state index in [1.165, 1.54) is 6.07 Å². The molecule has 0 radical (unpaired) electrons. The van der Waals surface area contributed by atoms with Gasteiger partial charge in [0.05, 0.1) is 11.4 Å². The normalized spacial score (nSPS) is 15.5. The molecule has 0 amide bonds. The van der Waals surface area contributed by atoms with E-state index in [1.807, 2.05) is 25.1 Å². The van der Waals surface area contributed by atoms with Crippen LogP contribution < -0.4 is 21.7 Å². The summed E-state index contributed by atoms with van der Waals surface area (Å²) in [6, 6.07) is 7.08. The number of pyridine rings is 1. The fourth-order valence-corrected chi connectivity index (χ4v) is 3.33. The number of aryl methyl sites for hydroxylation is 1. The van der Waals surface area contributed by atoms with Crippen LogP contribution >= 0.6 is 0 Å². The number of nitrogens with zero attached hydrogens (tertiary/aromatic N) is 4. The highest BCUT2D eigenvalue weighted by Crippen LogP contribution is 2.24. The van der Waals surface area contributed by atoms with E-state index in [-0.39, 0.29) is 11.5 Å². The van der Waals surface area contributed by atoms with Crippen LogP contribution in [-0.2, 0) is 0 Å². The number of nitrogen functional groups attached to an aromatic ring is 1. The van der Waals surface area contributed by atoms with Gasteiger partial charge in [-0.25, -0.2) is 14.4 Å². The lowest BCUT2D eigenvalue weighted by Crippen LogP contribution is -2.43. The molecule has 0 aliphatic carbocycles. The number of nitrogens with two attached hydrogens (primary N) is 2. The zero-order valence-electron chi connectivity index (χ0n) is 15.1. The van der Waals surface area contributed by atoms with Gasteiger partial charge < -0.3 is 26.1 Å². The molecule has 1 aromatic carbocycles. The van der Waals surface area contributed by atoms with E-state index >= 15 is 0 Å². The molecule has 0 spiro atoms. The number of amidine groups is 1. The van der Waals surface area contributed by atoms with Crippen molar-refractivity contribution in [1.29, 1.82) is 0 Å². The number of halogens is 1. The monoisotopic (exact) mass is 367 g/mol. The molecule has 8 heteroatoms. The fraction of sp³-hybridized carbons (Fsp3) is 0.263. The quantitative estimate of drug-likeness (QED) is 0.373. The van der Waals surface area contributed by atoms with Crippen molar-refractivity contribution < 1.29 is 4.39 Å². The number of benzene rings is 1. The van der Waals surface area contributed by atoms with Crippen molar-refractivity contribution in [2.24, 2.45) is 10.7 Å². The van der Waals surface area contributed by atoms with Crippen LogP contribution in [0.1, 0.15) is 11.3 Å². The molecule has 0 bridgehead atoms. The topological polar surface area (TPSA) is 97.0 Å². The van der Waals surface area contributed by atoms with Crippen LogP contribution in [0.25, 0.3) is 5.65 Å². The Balaban J connectivity index is 1.64. The number of rotatable bonds is 3. The summed E-state index contributed by atoms with van der Waals surface area (Å²) in [6.45, 7) is 5.59. The first kappa shape index (κ1) is 17.3. The third kappa shape index (κ3) is 3.43. The molecule has 140 valence electrons. The molecular weight excluding hydrogens is 345 g/mol. The van der Waals surface area contributed by atoms with E-state index in [1.54, 1.807) is 16.8 Å². The van der Waals surface area contributed by atoms with E-state index in [4.69, 9.17) is 11.5 Å². The molecule has 0 unspecified atom stereocenters. The lowest BCUT2D eigenvalue weighted by atomic mass is 10.1. The maximum absolute atomic E-state index is 14.2. The molecule has 0 atom stereocenters. The Hall–Kier alpha value is -3.13. The average molecular weight is 367 g/mol. The smallest absolute Gasteiger partial charge is 0.173 e. The maximum Gasteiger partial charge on any atom is 0.173 e. The number of aliphatic imine (C=N–C) groups is 1. The Bertz CT molecular complexity index is 1020. The Morgan fingerprint density at radius 3 is 2.74 bits per heavy atom. The van der Waals surface area contributed by atoms with Gasteiger partial charge in [0.15, 0.2) is 11.5 Å². The molecule has 1 saturated heterocycles. The second-order valence-electron chi connectivity index (χ2n) is 6.67. The van der Waals surface area contributed by atoms with Crippen molar-refractivity contribution in [2.45, 2.75) is 6.92 Å². The third-order valence-corrected chi connectivity index (χ3v) is 4.66. The second-order valence-corrected chi connectivity index (χ2v) is 6.67. The number of imidazole rings is 1. The summed E-state index contributed by atoms with van der Waals surface area (Å²) in [5.41, 5.74) is 16.0. The fourth-order valence-electron chi connectivity index (χ4n) is 3.33. The lowest BCUT2D eigenvalue weighted by Gasteiger charge is -2.29. The van der Waals surface area contributed by atoms with E-state index in [0.29, 0.717) is 16.9 Å². The van der Waals surface area contributed by atoms with Gasteiger partial charge in [-0.05, 0) is 25.1 Å². The average Bonchev–Trinajstić information content (AvgIpc) is 3.03. The number of fused-ring (bicyclic) bond motifs is 1. The van der Waals surface area contributed by atoms with Gasteiger partial charge in [0.1, 0.15) is 5.84 Å². The van der Waals surface area contributed by atoms with E-state index in [0.717, 1.165) is 37.6 Å². The van der Waals surface area contributed by atoms with Crippen LogP contribution in [0.2, 0.25) is 0 Å². The lowest BCUT2D eigenvalue weighted by molar-refractivity contribution is 0.589. The highest BCUT2D eigenvalue weighted by atomic mass is 19.1. The number of hydrogen-bond acceptors (Lipinski definition) is 5. The van der Waals surface area contributed by atoms with Gasteiger partial charge in [-0.3, -0.25) is 0 Å². The Kier molecular flexibility index (Phi) is 4.41. The standard InChI is InChI=1S/C19H22FN7/c1-12-10-27-11-13(8-16(20)19(27)24-12)25-18(22)15-3-2-14(9-17(15)21)26-6-4-23-5-7-26/h2-3,8-11,23H,4-7,21H2,1H3,(H2,22,25). The first-order valence-electron chi connectivity index (χ1n) is 8.86. The minimum absolute atomic E-state index is 0.245. The minimum Gasteiger partial charge on any atom is -0.398 e. The number of piperazine rings is 1. The number of nitrogens with one attached hydrogen (secondary N) is 1. The van der Waals surface area contributed by atoms with Gasteiger partial charge in [-0.2, -0.15) is 0 Å². The van der Waals surface area contributed by atoms with Crippen molar-refractivity contribution in [3.8, 4) is 0 Å². The summed E-state index contributed by atoms with van der Waals surface area (Å²) < 4.78 is 15.8. The molecule has 3 heterocycles. The van der Waals surface area contributed by atoms with Gasteiger partial charge in [0.2, 0.25) is 0 Å². The maximum atomic E-state index is 14.2. The van der Waals surface area contributed by atoms with Crippen LogP contribution in [0.15, 0.2) is 41.7 Å². The zero-order valence-corrected chi connectivity index (χ0v) is 15.1. The molecule has 5 N–H and O–H groups in total. The van der Waals surface area contributed by atoms with Crippen LogP contribution in [-0.4, -0.2) is 41.4 Å². The van der Waals surface area contributed by atoms with Crippen molar-refractivity contribution >= 4 is 28.5 Å². The summed E-state index contributed by atoms with van der Waals surface area (Å²) in [5.74, 6) is -0.200. The Morgan fingerprint density at radius 1 is 1.22 bits per heavy atom. The SMILES string of the molecule is Cc1cn2cc(N=C(N)c3ccc(N4CCNCC4)cc3N)cc(F)c2n1. The predicted molar refractivity (Wildman–Crippen MR) is 106 cm³/mol. The van der Waals surface area contributed by atoms with Crippen molar-refractivity contribution in [3.05, 3.63) is 53.7 Å². The molecule has 1 fully saturated rings. The summed E-state index contributed by atoms with van der Waals surface area (Å²) in [6.07, 6.45) is 3.43. The molecule has 4 rings (SSSR count). The van der Waals surface area contributed by atoms with Crippen LogP contribution in [0.4, 0.5) is 21.5 Å². The molecule has 27 heavy (non-hydrogen) atoms. The molecule has 0 saturated carbocycles. The van der Waals surface area contributed by atoms with Crippen LogP contribution in [0, 0.1) is 12.7 Å². The van der Waals surface area contributed by atoms with E-state index < -0.39 is 5.82 Å². The van der Waals surface area contributed by atoms with Gasteiger partial charge in [-0.15, -0.1) is 0 Å². The van der Waals surface area contributed by atoms with Crippen molar-refractivity contribution in [3.63, 3.8) is 0 Å². The first-order chi connectivity index (χ1) is 13.0. The number of anilines is 2. The van der Waals surface area contributed by atoms with Crippen molar-refractivity contribution in [2.75, 3.05) is 36.8 Å². The molecule has 7 nitrogen and oxygen atoms in total. The summed E-state index contributed by atoms with van der Waals surface area (Å²) in [7, 11) is 0. The predicted octanol–water partition coefficient (Wildman–Crippen LogP) is 1.81. The summed E-state index contributed by atoms with van der Waals surface area (Å²) in [5, 5.41) is 3.33. The van der Waals surface area contributed by atoms with Gasteiger partial charge in [-0.1, -0.05) is 0 Å². The first-order valence-corrected chi connectivity index (χ1v) is 8.86. The third-order valence-electron chi connectivity index (χ3n) is 4.66. The van der Waals surface area contributed by atoms with Crippen LogP contribution in [0.5, 0.6) is 0 Å². The molecular formula is C19H22FN7. The molecule has 2 aromatic heterocycles. The largest absolute Gasteiger partial charge is 0.398 e. The minimum atomic E-state index is -0.445.